The van der Waals surface area contributed by atoms with Crippen LogP contribution in [0.4, 0.5) is 11.4 Å². The van der Waals surface area contributed by atoms with E-state index < -0.39 is 11.9 Å². The Hall–Kier alpha value is -3.26. The number of aliphatic imine (C=N–C) groups is 1. The van der Waals surface area contributed by atoms with Crippen LogP contribution in [-0.2, 0) is 9.59 Å². The third kappa shape index (κ3) is 5.21. The molecule has 4 N–H and O–H groups in total. The van der Waals surface area contributed by atoms with Crippen molar-refractivity contribution in [1.29, 1.82) is 0 Å². The Balaban J connectivity index is 1.94. The molecular formula is C22H25N5O2S. The van der Waals surface area contributed by atoms with Crippen molar-refractivity contribution >= 4 is 40.1 Å². The van der Waals surface area contributed by atoms with E-state index in [4.69, 9.17) is 10.7 Å². The van der Waals surface area contributed by atoms with Crippen LogP contribution in [0.3, 0.4) is 0 Å². The first-order chi connectivity index (χ1) is 14.3. The Morgan fingerprint density at radius 2 is 1.80 bits per heavy atom. The van der Waals surface area contributed by atoms with Crippen LogP contribution in [0.2, 0.25) is 0 Å². The summed E-state index contributed by atoms with van der Waals surface area (Å²) in [4.78, 5) is 31.1. The van der Waals surface area contributed by atoms with Crippen molar-refractivity contribution in [2.45, 2.75) is 13.0 Å². The van der Waals surface area contributed by atoms with Crippen LogP contribution in [0.25, 0.3) is 0 Å². The molecule has 1 atom stereocenters. The predicted octanol–water partition coefficient (Wildman–Crippen LogP) is 2.88. The third-order valence-corrected chi connectivity index (χ3v) is 5.48. The number of nitrogens with two attached hydrogens (primary N) is 1. The van der Waals surface area contributed by atoms with Gasteiger partial charge in [0.15, 0.2) is 5.17 Å². The first-order valence-electron chi connectivity index (χ1n) is 9.45. The molecule has 7 nitrogen and oxygen atoms in total. The summed E-state index contributed by atoms with van der Waals surface area (Å²) < 4.78 is 0. The number of benzene rings is 2. The quantitative estimate of drug-likeness (QED) is 0.663. The number of nitrogens with zero attached hydrogens (tertiary/aromatic N) is 2. The Bertz CT molecular complexity index is 984. The summed E-state index contributed by atoms with van der Waals surface area (Å²) in [7, 11) is 3.94. The molecule has 0 saturated heterocycles. The van der Waals surface area contributed by atoms with Crippen LogP contribution in [0.15, 0.2) is 70.9 Å². The van der Waals surface area contributed by atoms with Gasteiger partial charge in [0.25, 0.3) is 5.91 Å². The second-order valence-corrected chi connectivity index (χ2v) is 8.03. The van der Waals surface area contributed by atoms with Crippen LogP contribution in [0.1, 0.15) is 18.5 Å². The van der Waals surface area contributed by atoms with E-state index in [0.717, 1.165) is 11.3 Å². The topological polar surface area (TPSA) is 99.8 Å². The second kappa shape index (κ2) is 9.49. The summed E-state index contributed by atoms with van der Waals surface area (Å²) in [5.74, 6) is -0.544. The van der Waals surface area contributed by atoms with E-state index in [2.05, 4.69) is 10.6 Å². The van der Waals surface area contributed by atoms with Gasteiger partial charge < -0.3 is 21.3 Å². The van der Waals surface area contributed by atoms with Crippen LogP contribution in [-0.4, -0.2) is 36.8 Å². The molecule has 2 amide bonds. The first kappa shape index (κ1) is 21.4. The predicted molar refractivity (Wildman–Crippen MR) is 124 cm³/mol. The molecular weight excluding hydrogens is 398 g/mol. The number of amides is 2. The number of hydrogen-bond donors (Lipinski definition) is 3. The molecule has 0 spiro atoms. The molecule has 156 valence electrons. The summed E-state index contributed by atoms with van der Waals surface area (Å²) in [6, 6.07) is 16.7. The van der Waals surface area contributed by atoms with Crippen LogP contribution >= 0.6 is 11.8 Å². The molecule has 1 aliphatic rings. The number of primary amides is 1. The molecule has 1 aliphatic heterocycles. The molecule has 8 heteroatoms. The average molecular weight is 424 g/mol. The SMILES string of the molecule is CC1=C(C(=O)Nc2ccccc2)[C@@H](c2ccc(N(C)C)cc2)N=C(SCC(N)=O)N1. The zero-order valence-electron chi connectivity index (χ0n) is 17.2. The van der Waals surface area contributed by atoms with Gasteiger partial charge in [0.2, 0.25) is 5.91 Å². The second-order valence-electron chi connectivity index (χ2n) is 7.06. The molecule has 0 aromatic heterocycles. The number of carbonyl (C=O) groups is 2. The van der Waals surface area contributed by atoms with E-state index in [-0.39, 0.29) is 11.7 Å². The van der Waals surface area contributed by atoms with E-state index in [9.17, 15) is 9.59 Å². The molecule has 0 fully saturated rings. The highest BCUT2D eigenvalue weighted by atomic mass is 32.2. The molecule has 0 aliphatic carbocycles. The highest BCUT2D eigenvalue weighted by Gasteiger charge is 2.29. The Labute approximate surface area is 180 Å². The van der Waals surface area contributed by atoms with Crippen molar-refractivity contribution in [3.8, 4) is 0 Å². The molecule has 2 aromatic carbocycles. The third-order valence-electron chi connectivity index (χ3n) is 4.57. The summed E-state index contributed by atoms with van der Waals surface area (Å²) in [5.41, 5.74) is 9.14. The van der Waals surface area contributed by atoms with Gasteiger partial charge in [-0.25, -0.2) is 4.99 Å². The fourth-order valence-corrected chi connectivity index (χ4v) is 3.75. The Morgan fingerprint density at radius 1 is 1.13 bits per heavy atom. The highest BCUT2D eigenvalue weighted by molar-refractivity contribution is 8.14. The number of carbonyl (C=O) groups excluding carboxylic acids is 2. The van der Waals surface area contributed by atoms with Gasteiger partial charge in [-0.3, -0.25) is 9.59 Å². The maximum Gasteiger partial charge on any atom is 0.255 e. The summed E-state index contributed by atoms with van der Waals surface area (Å²) in [6.45, 7) is 1.83. The average Bonchev–Trinajstić information content (AvgIpc) is 2.72. The first-order valence-corrected chi connectivity index (χ1v) is 10.4. The van der Waals surface area contributed by atoms with Crippen LogP contribution in [0, 0.1) is 0 Å². The van der Waals surface area contributed by atoms with Gasteiger partial charge in [-0.1, -0.05) is 42.1 Å². The normalized spacial score (nSPS) is 15.8. The molecule has 30 heavy (non-hydrogen) atoms. The van der Waals surface area contributed by atoms with E-state index in [1.807, 2.05) is 80.5 Å². The number of rotatable bonds is 6. The smallest absolute Gasteiger partial charge is 0.255 e. The van der Waals surface area contributed by atoms with Gasteiger partial charge in [-0.05, 0) is 36.8 Å². The van der Waals surface area contributed by atoms with Gasteiger partial charge in [0.05, 0.1) is 11.3 Å². The van der Waals surface area contributed by atoms with E-state index in [1.54, 1.807) is 0 Å². The molecule has 0 unspecified atom stereocenters. The van der Waals surface area contributed by atoms with Gasteiger partial charge >= 0.3 is 0 Å². The van der Waals surface area contributed by atoms with Crippen molar-refractivity contribution in [3.63, 3.8) is 0 Å². The van der Waals surface area contributed by atoms with Gasteiger partial charge in [0, 0.05) is 31.2 Å². The largest absolute Gasteiger partial charge is 0.378 e. The van der Waals surface area contributed by atoms with Crippen molar-refractivity contribution in [3.05, 3.63) is 71.4 Å². The summed E-state index contributed by atoms with van der Waals surface area (Å²) in [5, 5.41) is 6.63. The fourth-order valence-electron chi connectivity index (χ4n) is 3.07. The molecule has 0 radical (unpaired) electrons. The Kier molecular flexibility index (Phi) is 6.79. The molecule has 2 aromatic rings. The number of nitrogens with one attached hydrogen (secondary N) is 2. The minimum atomic E-state index is -0.499. The molecule has 0 bridgehead atoms. The highest BCUT2D eigenvalue weighted by Crippen LogP contribution is 2.33. The zero-order valence-corrected chi connectivity index (χ0v) is 18.0. The van der Waals surface area contributed by atoms with Crippen LogP contribution < -0.4 is 21.3 Å². The lowest BCUT2D eigenvalue weighted by atomic mass is 9.95. The van der Waals surface area contributed by atoms with E-state index in [1.165, 1.54) is 11.8 Å². The number of allylic oxidation sites excluding steroid dienone is 1. The zero-order chi connectivity index (χ0) is 21.7. The molecule has 0 saturated carbocycles. The number of thioether (sulfide) groups is 1. The number of amidine groups is 1. The summed E-state index contributed by atoms with van der Waals surface area (Å²) in [6.07, 6.45) is 0. The van der Waals surface area contributed by atoms with Gasteiger partial charge in [0.1, 0.15) is 6.04 Å². The molecule has 1 heterocycles. The summed E-state index contributed by atoms with van der Waals surface area (Å²) >= 11 is 1.22. The van der Waals surface area contributed by atoms with Gasteiger partial charge in [-0.15, -0.1) is 0 Å². The monoisotopic (exact) mass is 423 g/mol. The number of anilines is 2. The standard InChI is InChI=1S/C22H25N5O2S/c1-14-19(21(29)25-16-7-5-4-6-8-16)20(26-22(24-14)30-13-18(23)28)15-9-11-17(12-10-15)27(2)3/h4-12,20H,13H2,1-3H3,(H2,23,28)(H,24,26)(H,25,29)/t20-/m1/s1. The van der Waals surface area contributed by atoms with Gasteiger partial charge in [-0.2, -0.15) is 0 Å². The van der Waals surface area contributed by atoms with E-state index in [0.29, 0.717) is 22.1 Å². The minimum Gasteiger partial charge on any atom is -0.378 e. The van der Waals surface area contributed by atoms with Crippen molar-refractivity contribution in [2.24, 2.45) is 10.7 Å². The van der Waals surface area contributed by atoms with Crippen molar-refractivity contribution in [2.75, 3.05) is 30.1 Å². The maximum atomic E-state index is 13.1. The van der Waals surface area contributed by atoms with Crippen LogP contribution in [0.5, 0.6) is 0 Å². The lowest BCUT2D eigenvalue weighted by molar-refractivity contribution is -0.115. The lowest BCUT2D eigenvalue weighted by Gasteiger charge is -2.26. The maximum absolute atomic E-state index is 13.1. The van der Waals surface area contributed by atoms with Crippen molar-refractivity contribution < 1.29 is 9.59 Å². The van der Waals surface area contributed by atoms with E-state index >= 15 is 0 Å². The number of hydrogen-bond acceptors (Lipinski definition) is 6. The number of para-hydroxylation sites is 1. The Morgan fingerprint density at radius 3 is 2.40 bits per heavy atom. The molecule has 3 rings (SSSR count). The lowest BCUT2D eigenvalue weighted by Crippen LogP contribution is -2.32. The fraction of sp³-hybridized carbons (Fsp3) is 0.227. The van der Waals surface area contributed by atoms with Crippen molar-refractivity contribution in [1.82, 2.24) is 5.32 Å². The minimum absolute atomic E-state index is 0.108.